The van der Waals surface area contributed by atoms with E-state index in [-0.39, 0.29) is 29.2 Å². The maximum Gasteiger partial charge on any atom is 0.416 e. The standard InChI is InChI=1S/C18H13ClF3NO7.C16H12ClNO5/c1-2-28-16(24)9-29-17(25)12-8-11(4-5-14(12)23(26)27)30-15-6-3-10(7-13(15)19)18(20,21)22;1-9(15(19)20)21-11-3-5-12(6-4-11)22-16-18-13-7-2-10(17)8-14(13)23-16/h3-8H,2,9H2,1H3;2-9H,1H3,(H,19,20). The number of rotatable bonds is 12. The van der Waals surface area contributed by atoms with E-state index in [1.165, 1.54) is 13.8 Å². The van der Waals surface area contributed by atoms with Crippen LogP contribution >= 0.6 is 23.2 Å². The zero-order valence-electron chi connectivity index (χ0n) is 27.2. The van der Waals surface area contributed by atoms with Crippen molar-refractivity contribution >= 4 is 57.9 Å². The molecule has 5 aromatic rings. The third kappa shape index (κ3) is 11.2. The quantitative estimate of drug-likeness (QED) is 0.0719. The molecule has 53 heavy (non-hydrogen) atoms. The molecule has 0 bridgehead atoms. The number of aromatic nitrogens is 1. The number of nitrogens with zero attached hydrogens (tertiary/aromatic N) is 2. The molecule has 0 spiro atoms. The Morgan fingerprint density at radius 2 is 1.60 bits per heavy atom. The van der Waals surface area contributed by atoms with Crippen molar-refractivity contribution in [2.24, 2.45) is 0 Å². The molecular weight excluding hydrogens is 756 g/mol. The summed E-state index contributed by atoms with van der Waals surface area (Å²) in [7, 11) is 0. The van der Waals surface area contributed by atoms with Crippen LogP contribution in [0.25, 0.3) is 11.1 Å². The number of carboxylic acid groups (broad SMARTS) is 1. The van der Waals surface area contributed by atoms with Gasteiger partial charge in [-0.05, 0) is 74.5 Å². The number of carbonyl (C=O) groups excluding carboxylic acids is 2. The molecule has 1 heterocycles. The first-order valence-electron chi connectivity index (χ1n) is 14.9. The Morgan fingerprint density at radius 3 is 2.23 bits per heavy atom. The number of esters is 2. The van der Waals surface area contributed by atoms with Crippen molar-refractivity contribution < 1.29 is 65.7 Å². The first-order valence-corrected chi connectivity index (χ1v) is 15.7. The lowest BCUT2D eigenvalue weighted by Gasteiger charge is -2.12. The minimum Gasteiger partial charge on any atom is -0.479 e. The fourth-order valence-electron chi connectivity index (χ4n) is 4.06. The van der Waals surface area contributed by atoms with Crippen molar-refractivity contribution in [3.05, 3.63) is 110 Å². The molecule has 0 aliphatic heterocycles. The smallest absolute Gasteiger partial charge is 0.416 e. The molecule has 19 heteroatoms. The van der Waals surface area contributed by atoms with Crippen LogP contribution in [0.5, 0.6) is 29.1 Å². The normalized spacial score (nSPS) is 11.5. The molecule has 0 saturated carbocycles. The zero-order valence-corrected chi connectivity index (χ0v) is 28.7. The van der Waals surface area contributed by atoms with Gasteiger partial charge in [-0.3, -0.25) is 10.1 Å². The van der Waals surface area contributed by atoms with E-state index in [4.69, 9.17) is 51.7 Å². The summed E-state index contributed by atoms with van der Waals surface area (Å²) < 4.78 is 69.0. The highest BCUT2D eigenvalue weighted by molar-refractivity contribution is 6.32. The van der Waals surface area contributed by atoms with Gasteiger partial charge >= 0.3 is 30.2 Å². The molecule has 1 atom stereocenters. The number of ether oxygens (including phenoxy) is 5. The molecule has 1 unspecified atom stereocenters. The summed E-state index contributed by atoms with van der Waals surface area (Å²) in [5.41, 5.74) is -0.992. The van der Waals surface area contributed by atoms with E-state index in [0.717, 1.165) is 30.3 Å². The number of nitro groups is 1. The van der Waals surface area contributed by atoms with Crippen LogP contribution in [-0.4, -0.2) is 52.2 Å². The van der Waals surface area contributed by atoms with Gasteiger partial charge < -0.3 is 33.2 Å². The van der Waals surface area contributed by atoms with Gasteiger partial charge in [-0.2, -0.15) is 18.2 Å². The van der Waals surface area contributed by atoms with Crippen LogP contribution < -0.4 is 14.2 Å². The Bertz CT molecular complexity index is 2120. The Hall–Kier alpha value is -6.07. The molecule has 5 rings (SSSR count). The van der Waals surface area contributed by atoms with E-state index < -0.39 is 58.5 Å². The number of nitro benzene ring substituents is 1. The summed E-state index contributed by atoms with van der Waals surface area (Å²) in [6.07, 6.45) is -5.44. The summed E-state index contributed by atoms with van der Waals surface area (Å²) in [5.74, 6) is -2.48. The van der Waals surface area contributed by atoms with Gasteiger partial charge in [0.15, 0.2) is 18.3 Å². The van der Waals surface area contributed by atoms with Gasteiger partial charge in [0.1, 0.15) is 34.1 Å². The number of benzene rings is 4. The first-order chi connectivity index (χ1) is 25.0. The number of oxazole rings is 1. The van der Waals surface area contributed by atoms with Crippen LogP contribution in [0.4, 0.5) is 18.9 Å². The van der Waals surface area contributed by atoms with E-state index in [1.807, 2.05) is 0 Å². The van der Waals surface area contributed by atoms with Crippen LogP contribution in [0.1, 0.15) is 29.8 Å². The predicted octanol–water partition coefficient (Wildman–Crippen LogP) is 8.90. The highest BCUT2D eigenvalue weighted by atomic mass is 35.5. The summed E-state index contributed by atoms with van der Waals surface area (Å²) in [6, 6.07) is 16.9. The van der Waals surface area contributed by atoms with Gasteiger partial charge in [-0.1, -0.05) is 23.2 Å². The van der Waals surface area contributed by atoms with Crippen LogP contribution in [-0.2, 0) is 25.2 Å². The van der Waals surface area contributed by atoms with E-state index in [1.54, 1.807) is 42.5 Å². The Morgan fingerprint density at radius 1 is 0.925 bits per heavy atom. The maximum absolute atomic E-state index is 12.7. The van der Waals surface area contributed by atoms with Gasteiger partial charge in [0.25, 0.3) is 5.69 Å². The second-order valence-corrected chi connectivity index (χ2v) is 11.2. The topological polar surface area (TPSA) is 187 Å². The van der Waals surface area contributed by atoms with E-state index in [2.05, 4.69) is 9.72 Å². The van der Waals surface area contributed by atoms with Gasteiger partial charge in [0, 0.05) is 23.2 Å². The van der Waals surface area contributed by atoms with Crippen LogP contribution in [0, 0.1) is 10.1 Å². The molecule has 0 radical (unpaired) electrons. The molecule has 0 amide bonds. The maximum atomic E-state index is 12.7. The Labute approximate surface area is 306 Å². The van der Waals surface area contributed by atoms with Gasteiger partial charge in [-0.25, -0.2) is 14.4 Å². The molecule has 0 aliphatic rings. The lowest BCUT2D eigenvalue weighted by Crippen LogP contribution is -2.22. The third-order valence-electron chi connectivity index (χ3n) is 6.52. The molecule has 1 aromatic heterocycles. The summed E-state index contributed by atoms with van der Waals surface area (Å²) in [6.45, 7) is 2.28. The minimum absolute atomic E-state index is 0.0493. The number of aliphatic carboxylic acids is 1. The van der Waals surface area contributed by atoms with Crippen molar-refractivity contribution in [2.45, 2.75) is 26.1 Å². The third-order valence-corrected chi connectivity index (χ3v) is 7.05. The molecule has 0 fully saturated rings. The zero-order chi connectivity index (χ0) is 38.9. The van der Waals surface area contributed by atoms with E-state index in [9.17, 15) is 37.7 Å². The predicted molar refractivity (Wildman–Crippen MR) is 180 cm³/mol. The molecular formula is C34H25Cl2F3N2O12. The monoisotopic (exact) mass is 780 g/mol. The Balaban J connectivity index is 0.000000244. The molecule has 1 N–H and O–H groups in total. The summed E-state index contributed by atoms with van der Waals surface area (Å²) in [4.78, 5) is 48.7. The van der Waals surface area contributed by atoms with Crippen molar-refractivity contribution in [2.75, 3.05) is 13.2 Å². The van der Waals surface area contributed by atoms with Crippen molar-refractivity contribution in [3.63, 3.8) is 0 Å². The van der Waals surface area contributed by atoms with E-state index >= 15 is 0 Å². The average molecular weight is 781 g/mol. The van der Waals surface area contributed by atoms with E-state index in [0.29, 0.717) is 33.7 Å². The number of alkyl halides is 3. The summed E-state index contributed by atoms with van der Waals surface area (Å²) in [5, 5.41) is 20.1. The Kier molecular flexibility index (Phi) is 13.1. The largest absolute Gasteiger partial charge is 0.479 e. The van der Waals surface area contributed by atoms with Gasteiger partial charge in [0.2, 0.25) is 0 Å². The van der Waals surface area contributed by atoms with Crippen molar-refractivity contribution in [1.82, 2.24) is 4.98 Å². The number of carboxylic acids is 1. The molecule has 14 nitrogen and oxygen atoms in total. The minimum atomic E-state index is -4.61. The van der Waals surface area contributed by atoms with Crippen LogP contribution in [0.3, 0.4) is 0 Å². The SMILES string of the molecule is CC(Oc1ccc(Oc2nc3ccc(Cl)cc3o2)cc1)C(=O)O.CCOC(=O)COC(=O)c1cc(Oc2ccc(C(F)(F)F)cc2Cl)ccc1[N+](=O)[O-]. The number of fused-ring (bicyclic) bond motifs is 1. The number of hydrogen-bond donors (Lipinski definition) is 1. The molecule has 4 aromatic carbocycles. The molecule has 0 aliphatic carbocycles. The first kappa shape index (κ1) is 39.7. The van der Waals surface area contributed by atoms with Gasteiger partial charge in [0.05, 0.1) is 22.1 Å². The highest BCUT2D eigenvalue weighted by Crippen LogP contribution is 2.37. The van der Waals surface area contributed by atoms with Crippen molar-refractivity contribution in [1.29, 1.82) is 0 Å². The molecule has 0 saturated heterocycles. The van der Waals surface area contributed by atoms with Crippen molar-refractivity contribution in [3.8, 4) is 29.1 Å². The second kappa shape index (κ2) is 17.4. The second-order valence-electron chi connectivity index (χ2n) is 10.3. The van der Waals surface area contributed by atoms with Crippen LogP contribution in [0.2, 0.25) is 10.0 Å². The lowest BCUT2D eigenvalue weighted by molar-refractivity contribution is -0.385. The summed E-state index contributed by atoms with van der Waals surface area (Å²) >= 11 is 11.7. The molecule has 278 valence electrons. The lowest BCUT2D eigenvalue weighted by atomic mass is 10.1. The number of carbonyl (C=O) groups is 3. The number of hydrogen-bond acceptors (Lipinski definition) is 12. The average Bonchev–Trinajstić information content (AvgIpc) is 3.50. The van der Waals surface area contributed by atoms with Gasteiger partial charge in [-0.15, -0.1) is 0 Å². The fourth-order valence-corrected chi connectivity index (χ4v) is 4.44. The fraction of sp³-hybridized carbons (Fsp3) is 0.176. The van der Waals surface area contributed by atoms with Crippen LogP contribution in [0.15, 0.2) is 83.3 Å². The highest BCUT2D eigenvalue weighted by Gasteiger charge is 2.31. The number of halogens is 5.